The highest BCUT2D eigenvalue weighted by atomic mass is 32.1. The smallest absolute Gasteiger partial charge is 0.273 e. The van der Waals surface area contributed by atoms with Crippen molar-refractivity contribution in [3.63, 3.8) is 0 Å². The highest BCUT2D eigenvalue weighted by Gasteiger charge is 2.05. The summed E-state index contributed by atoms with van der Waals surface area (Å²) in [5.74, 6) is 0.149. The molecule has 0 fully saturated rings. The molecule has 0 spiro atoms. The van der Waals surface area contributed by atoms with Crippen molar-refractivity contribution in [2.75, 3.05) is 7.11 Å². The van der Waals surface area contributed by atoms with Crippen LogP contribution in [0.15, 0.2) is 23.7 Å². The molecule has 0 aromatic carbocycles. The van der Waals surface area contributed by atoms with Crippen LogP contribution in [0.25, 0.3) is 11.4 Å². The maximum absolute atomic E-state index is 9.05. The predicted octanol–water partition coefficient (Wildman–Crippen LogP) is 1.92. The molecule has 0 aliphatic carbocycles. The van der Waals surface area contributed by atoms with Gasteiger partial charge in [-0.3, -0.25) is 4.98 Å². The molecule has 2 rings (SSSR count). The Kier molecular flexibility index (Phi) is 2.32. The number of hydrogen-bond acceptors (Lipinski definition) is 5. The SMILES string of the molecule is COc1nc(-c2ccc(O)cn2)cs1. The van der Waals surface area contributed by atoms with Gasteiger partial charge in [0.15, 0.2) is 0 Å². The van der Waals surface area contributed by atoms with Crippen LogP contribution in [-0.4, -0.2) is 22.2 Å². The number of methoxy groups -OCH3 is 1. The zero-order valence-electron chi connectivity index (χ0n) is 7.47. The zero-order valence-corrected chi connectivity index (χ0v) is 8.28. The molecule has 5 heteroatoms. The molecule has 0 saturated heterocycles. The molecule has 1 N–H and O–H groups in total. The summed E-state index contributed by atoms with van der Waals surface area (Å²) in [6.45, 7) is 0. The van der Waals surface area contributed by atoms with Crippen LogP contribution >= 0.6 is 11.3 Å². The summed E-state index contributed by atoms with van der Waals surface area (Å²) in [6, 6.07) is 3.29. The van der Waals surface area contributed by atoms with Crippen molar-refractivity contribution in [3.8, 4) is 22.3 Å². The van der Waals surface area contributed by atoms with Crippen LogP contribution in [0.1, 0.15) is 0 Å². The van der Waals surface area contributed by atoms with E-state index in [-0.39, 0.29) is 5.75 Å². The van der Waals surface area contributed by atoms with E-state index < -0.39 is 0 Å². The monoisotopic (exact) mass is 208 g/mol. The summed E-state index contributed by atoms with van der Waals surface area (Å²) >= 11 is 1.41. The van der Waals surface area contributed by atoms with Gasteiger partial charge in [0.05, 0.1) is 19.0 Å². The van der Waals surface area contributed by atoms with Gasteiger partial charge in [-0.15, -0.1) is 0 Å². The minimum atomic E-state index is 0.149. The second-order valence-electron chi connectivity index (χ2n) is 2.60. The van der Waals surface area contributed by atoms with Crippen LogP contribution in [0.3, 0.4) is 0 Å². The second kappa shape index (κ2) is 3.63. The van der Waals surface area contributed by atoms with Crippen molar-refractivity contribution in [2.24, 2.45) is 0 Å². The maximum atomic E-state index is 9.05. The molecule has 0 amide bonds. The normalized spacial score (nSPS) is 10.1. The quantitative estimate of drug-likeness (QED) is 0.819. The first-order chi connectivity index (χ1) is 6.79. The van der Waals surface area contributed by atoms with Crippen LogP contribution in [-0.2, 0) is 0 Å². The van der Waals surface area contributed by atoms with Gasteiger partial charge in [0, 0.05) is 5.38 Å². The summed E-state index contributed by atoms with van der Waals surface area (Å²) < 4.78 is 4.97. The lowest BCUT2D eigenvalue weighted by atomic mass is 10.3. The molecule has 2 heterocycles. The molecule has 2 aromatic heterocycles. The average Bonchev–Trinajstić information content (AvgIpc) is 2.67. The summed E-state index contributed by atoms with van der Waals surface area (Å²) in [5, 5.41) is 11.5. The first-order valence-corrected chi connectivity index (χ1v) is 4.82. The van der Waals surface area contributed by atoms with Crippen molar-refractivity contribution in [3.05, 3.63) is 23.7 Å². The number of pyridine rings is 1. The summed E-state index contributed by atoms with van der Waals surface area (Å²) in [4.78, 5) is 8.22. The number of aromatic nitrogens is 2. The molecular weight excluding hydrogens is 200 g/mol. The van der Waals surface area contributed by atoms with E-state index in [1.54, 1.807) is 19.2 Å². The number of thiazole rings is 1. The highest BCUT2D eigenvalue weighted by Crippen LogP contribution is 2.25. The van der Waals surface area contributed by atoms with Crippen molar-refractivity contribution < 1.29 is 9.84 Å². The average molecular weight is 208 g/mol. The van der Waals surface area contributed by atoms with Crippen LogP contribution in [0.5, 0.6) is 10.9 Å². The van der Waals surface area contributed by atoms with Crippen LogP contribution < -0.4 is 4.74 Å². The second-order valence-corrected chi connectivity index (χ2v) is 3.43. The van der Waals surface area contributed by atoms with Crippen LogP contribution in [0, 0.1) is 0 Å². The molecule has 0 aliphatic heterocycles. The fraction of sp³-hybridized carbons (Fsp3) is 0.111. The Morgan fingerprint density at radius 2 is 2.21 bits per heavy atom. The molecular formula is C9H8N2O2S. The largest absolute Gasteiger partial charge is 0.506 e. The van der Waals surface area contributed by atoms with E-state index in [4.69, 9.17) is 9.84 Å². The topological polar surface area (TPSA) is 55.2 Å². The Bertz CT molecular complexity index is 425. The third kappa shape index (κ3) is 1.67. The van der Waals surface area contributed by atoms with Gasteiger partial charge in [0.1, 0.15) is 11.4 Å². The van der Waals surface area contributed by atoms with Crippen molar-refractivity contribution in [1.82, 2.24) is 9.97 Å². The number of hydrogen-bond donors (Lipinski definition) is 1. The first kappa shape index (κ1) is 8.96. The van der Waals surface area contributed by atoms with Gasteiger partial charge < -0.3 is 9.84 Å². The summed E-state index contributed by atoms with van der Waals surface area (Å²) in [7, 11) is 1.58. The number of ether oxygens (including phenoxy) is 1. The molecule has 0 saturated carbocycles. The Balaban J connectivity index is 2.34. The van der Waals surface area contributed by atoms with Gasteiger partial charge in [-0.05, 0) is 12.1 Å². The lowest BCUT2D eigenvalue weighted by Crippen LogP contribution is -1.84. The van der Waals surface area contributed by atoms with Crippen LogP contribution in [0.4, 0.5) is 0 Å². The Morgan fingerprint density at radius 3 is 2.79 bits per heavy atom. The zero-order chi connectivity index (χ0) is 9.97. The fourth-order valence-corrected chi connectivity index (χ4v) is 1.64. The van der Waals surface area contributed by atoms with Gasteiger partial charge >= 0.3 is 0 Å². The van der Waals surface area contributed by atoms with Gasteiger partial charge in [-0.2, -0.15) is 0 Å². The van der Waals surface area contributed by atoms with E-state index >= 15 is 0 Å². The summed E-state index contributed by atoms with van der Waals surface area (Å²) in [6.07, 6.45) is 1.39. The van der Waals surface area contributed by atoms with Gasteiger partial charge in [-0.1, -0.05) is 11.3 Å². The third-order valence-corrected chi connectivity index (χ3v) is 2.47. The molecule has 0 unspecified atom stereocenters. The van der Waals surface area contributed by atoms with E-state index in [0.29, 0.717) is 5.19 Å². The number of rotatable bonds is 2. The van der Waals surface area contributed by atoms with Gasteiger partial charge in [-0.25, -0.2) is 4.98 Å². The molecule has 0 atom stereocenters. The van der Waals surface area contributed by atoms with E-state index in [0.717, 1.165) is 11.4 Å². The molecule has 14 heavy (non-hydrogen) atoms. The lowest BCUT2D eigenvalue weighted by Gasteiger charge is -1.95. The van der Waals surface area contributed by atoms with E-state index in [9.17, 15) is 0 Å². The molecule has 2 aromatic rings. The van der Waals surface area contributed by atoms with Crippen molar-refractivity contribution in [2.45, 2.75) is 0 Å². The third-order valence-electron chi connectivity index (χ3n) is 1.67. The fourth-order valence-electron chi connectivity index (χ4n) is 1.01. The van der Waals surface area contributed by atoms with Crippen LogP contribution in [0.2, 0.25) is 0 Å². The first-order valence-electron chi connectivity index (χ1n) is 3.94. The molecule has 4 nitrogen and oxygen atoms in total. The van der Waals surface area contributed by atoms with Crippen molar-refractivity contribution in [1.29, 1.82) is 0 Å². The molecule has 0 bridgehead atoms. The van der Waals surface area contributed by atoms with E-state index in [1.165, 1.54) is 17.5 Å². The Hall–Kier alpha value is -1.62. The molecule has 72 valence electrons. The Morgan fingerprint density at radius 1 is 1.36 bits per heavy atom. The minimum Gasteiger partial charge on any atom is -0.506 e. The maximum Gasteiger partial charge on any atom is 0.273 e. The Labute approximate surface area is 84.8 Å². The standard InChI is InChI=1S/C9H8N2O2S/c1-13-9-11-8(5-14-9)7-3-2-6(12)4-10-7/h2-5,12H,1H3. The lowest BCUT2D eigenvalue weighted by molar-refractivity contribution is 0.412. The number of aromatic hydroxyl groups is 1. The predicted molar refractivity (Wildman–Crippen MR) is 53.6 cm³/mol. The van der Waals surface area contributed by atoms with Gasteiger partial charge in [0.2, 0.25) is 0 Å². The van der Waals surface area contributed by atoms with E-state index in [2.05, 4.69) is 9.97 Å². The van der Waals surface area contributed by atoms with E-state index in [1.807, 2.05) is 5.38 Å². The molecule has 0 radical (unpaired) electrons. The minimum absolute atomic E-state index is 0.149. The van der Waals surface area contributed by atoms with Gasteiger partial charge in [0.25, 0.3) is 5.19 Å². The summed E-state index contributed by atoms with van der Waals surface area (Å²) in [5.41, 5.74) is 1.48. The highest BCUT2D eigenvalue weighted by molar-refractivity contribution is 7.11. The van der Waals surface area contributed by atoms with Crippen molar-refractivity contribution >= 4 is 11.3 Å². The molecule has 0 aliphatic rings. The number of nitrogens with zero attached hydrogens (tertiary/aromatic N) is 2.